The summed E-state index contributed by atoms with van der Waals surface area (Å²) in [7, 11) is 0. The highest BCUT2D eigenvalue weighted by Gasteiger charge is 2.30. The molecule has 2 aromatic carbocycles. The number of anilines is 3. The molecule has 11 nitrogen and oxygen atoms in total. The first-order valence-electron chi connectivity index (χ1n) is 12.0. The van der Waals surface area contributed by atoms with Gasteiger partial charge >= 0.3 is 17.9 Å². The second-order valence-corrected chi connectivity index (χ2v) is 8.58. The van der Waals surface area contributed by atoms with Gasteiger partial charge < -0.3 is 35.5 Å². The highest BCUT2D eigenvalue weighted by atomic mass is 35.5. The van der Waals surface area contributed by atoms with Crippen molar-refractivity contribution < 1.29 is 39.6 Å². The number of fused-ring (bicyclic) bond motifs is 2. The predicted octanol–water partition coefficient (Wildman–Crippen LogP) is 3.15. The van der Waals surface area contributed by atoms with Crippen molar-refractivity contribution in [2.45, 2.75) is 12.8 Å². The number of carbonyl (C=O) groups excluding carboxylic acids is 1. The lowest BCUT2D eigenvalue weighted by Crippen LogP contribution is -2.31. The van der Waals surface area contributed by atoms with Gasteiger partial charge in [-0.2, -0.15) is 0 Å². The van der Waals surface area contributed by atoms with E-state index in [1.165, 1.54) is 0 Å². The molecule has 0 saturated heterocycles. The quantitative estimate of drug-likeness (QED) is 0.192. The number of nitrogens with zero attached hydrogens (tertiary/aromatic N) is 2. The summed E-state index contributed by atoms with van der Waals surface area (Å²) in [6, 6.07) is 13.0. The molecule has 3 rings (SSSR count). The summed E-state index contributed by atoms with van der Waals surface area (Å²) in [5.74, 6) is -3.58. The van der Waals surface area contributed by atoms with Gasteiger partial charge in [-0.1, -0.05) is 29.8 Å². The van der Waals surface area contributed by atoms with Gasteiger partial charge in [0.05, 0.1) is 22.6 Å². The monoisotopic (exact) mass is 559 g/mol. The Morgan fingerprint density at radius 1 is 0.821 bits per heavy atom. The molecule has 12 heteroatoms. The Bertz CT molecular complexity index is 1220. The fourth-order valence-corrected chi connectivity index (χ4v) is 3.92. The van der Waals surface area contributed by atoms with E-state index in [1.54, 1.807) is 17.0 Å². The number of aliphatic carboxylic acids is 3. The van der Waals surface area contributed by atoms with Gasteiger partial charge in [-0.3, -0.25) is 4.79 Å². The summed E-state index contributed by atoms with van der Waals surface area (Å²) in [5, 5.41) is 37.4. The zero-order chi connectivity index (χ0) is 28.8. The van der Waals surface area contributed by atoms with E-state index in [1.807, 2.05) is 36.4 Å². The number of carboxylic acids is 3. The molecule has 1 aliphatic heterocycles. The Hall–Kier alpha value is -4.19. The van der Waals surface area contributed by atoms with E-state index in [4.69, 9.17) is 26.9 Å². The van der Waals surface area contributed by atoms with Crippen molar-refractivity contribution in [3.05, 3.63) is 77.4 Å². The maximum Gasteiger partial charge on any atom is 0.328 e. The van der Waals surface area contributed by atoms with E-state index in [9.17, 15) is 24.3 Å². The highest BCUT2D eigenvalue weighted by Crippen LogP contribution is 2.42. The number of rotatable bonds is 12. The normalized spacial score (nSPS) is 12.5. The van der Waals surface area contributed by atoms with Gasteiger partial charge in [0.2, 0.25) is 0 Å². The number of carbonyl (C=O) groups is 4. The van der Waals surface area contributed by atoms with E-state index >= 15 is 0 Å². The van der Waals surface area contributed by atoms with Gasteiger partial charge in [0.25, 0.3) is 5.91 Å². The van der Waals surface area contributed by atoms with Crippen molar-refractivity contribution in [2.75, 3.05) is 42.6 Å². The molecular weight excluding hydrogens is 530 g/mol. The first-order valence-corrected chi connectivity index (χ1v) is 12.4. The van der Waals surface area contributed by atoms with Gasteiger partial charge in [0.15, 0.2) is 0 Å². The molecule has 208 valence electrons. The lowest BCUT2D eigenvalue weighted by atomic mass is 10.1. The van der Waals surface area contributed by atoms with Crippen LogP contribution in [0.3, 0.4) is 0 Å². The maximum absolute atomic E-state index is 13.4. The average molecular weight is 560 g/mol. The van der Waals surface area contributed by atoms with Crippen LogP contribution in [0.15, 0.2) is 66.8 Å². The Kier molecular flexibility index (Phi) is 12.7. The van der Waals surface area contributed by atoms with E-state index in [0.29, 0.717) is 55.3 Å². The lowest BCUT2D eigenvalue weighted by molar-refractivity contribution is -0.134. The van der Waals surface area contributed by atoms with Crippen molar-refractivity contribution in [3.63, 3.8) is 0 Å². The zero-order valence-corrected chi connectivity index (χ0v) is 21.8. The number of para-hydroxylation sites is 1. The number of aliphatic hydroxyl groups excluding tert-OH is 1. The van der Waals surface area contributed by atoms with Crippen LogP contribution in [-0.2, 0) is 14.4 Å². The summed E-state index contributed by atoms with van der Waals surface area (Å²) in [4.78, 5) is 46.8. The largest absolute Gasteiger partial charge is 0.478 e. The minimum Gasteiger partial charge on any atom is -0.478 e. The fraction of sp³-hybridized carbons (Fsp3) is 0.259. The first kappa shape index (κ1) is 31.0. The number of benzene rings is 2. The van der Waals surface area contributed by atoms with E-state index in [0.717, 1.165) is 29.6 Å². The number of aliphatic hydroxyl groups is 1. The van der Waals surface area contributed by atoms with Crippen LogP contribution >= 0.6 is 11.6 Å². The Labute approximate surface area is 230 Å². The van der Waals surface area contributed by atoms with E-state index in [2.05, 4.69) is 10.2 Å². The zero-order valence-electron chi connectivity index (χ0n) is 21.0. The molecule has 0 bridgehead atoms. The van der Waals surface area contributed by atoms with Crippen molar-refractivity contribution in [1.82, 2.24) is 5.32 Å². The van der Waals surface area contributed by atoms with Crippen molar-refractivity contribution in [2.24, 2.45) is 0 Å². The average Bonchev–Trinajstić information content (AvgIpc) is 2.98. The molecule has 0 unspecified atom stereocenters. The molecule has 0 atom stereocenters. The van der Waals surface area contributed by atoms with Crippen molar-refractivity contribution >= 4 is 52.5 Å². The second-order valence-electron chi connectivity index (χ2n) is 8.14. The molecule has 0 aromatic heterocycles. The van der Waals surface area contributed by atoms with Gasteiger partial charge in [0, 0.05) is 49.5 Å². The summed E-state index contributed by atoms with van der Waals surface area (Å²) in [5.41, 5.74) is 3.02. The number of amides is 1. The van der Waals surface area contributed by atoms with Gasteiger partial charge in [-0.15, -0.1) is 0 Å². The van der Waals surface area contributed by atoms with Crippen molar-refractivity contribution in [3.8, 4) is 0 Å². The van der Waals surface area contributed by atoms with Crippen LogP contribution in [0.2, 0.25) is 5.02 Å². The van der Waals surface area contributed by atoms with Gasteiger partial charge in [0.1, 0.15) is 0 Å². The van der Waals surface area contributed by atoms with Crippen molar-refractivity contribution in [1.29, 1.82) is 0 Å². The third-order valence-corrected chi connectivity index (χ3v) is 5.59. The molecule has 0 radical (unpaired) electrons. The SMILES string of the molecule is O=C(O)/C=C/CNCCCN1c2ccccc2C(=O)N(CCCO)c2ccc(Cl)cc21.O=C(O)/C=C\C(=O)O. The van der Waals surface area contributed by atoms with Crippen LogP contribution in [0.25, 0.3) is 0 Å². The molecule has 1 aliphatic rings. The minimum absolute atomic E-state index is 0.0000578. The van der Waals surface area contributed by atoms with Gasteiger partial charge in [-0.05, 0) is 49.7 Å². The van der Waals surface area contributed by atoms with Crippen LogP contribution in [-0.4, -0.2) is 77.0 Å². The predicted molar refractivity (Wildman–Crippen MR) is 147 cm³/mol. The number of nitrogens with one attached hydrogen (secondary N) is 1. The molecule has 1 heterocycles. The first-order chi connectivity index (χ1) is 18.6. The summed E-state index contributed by atoms with van der Waals surface area (Å²) >= 11 is 6.32. The van der Waals surface area contributed by atoms with Crippen LogP contribution in [0.4, 0.5) is 17.1 Å². The molecular formula is C27H30ClN3O8. The van der Waals surface area contributed by atoms with Crippen LogP contribution in [0, 0.1) is 0 Å². The molecule has 0 saturated carbocycles. The number of hydrogen-bond donors (Lipinski definition) is 5. The summed E-state index contributed by atoms with van der Waals surface area (Å²) in [6.07, 6.45) is 5.04. The number of halogens is 1. The second kappa shape index (κ2) is 15.9. The van der Waals surface area contributed by atoms with Gasteiger partial charge in [-0.25, -0.2) is 14.4 Å². The lowest BCUT2D eigenvalue weighted by Gasteiger charge is -2.28. The minimum atomic E-state index is -1.26. The summed E-state index contributed by atoms with van der Waals surface area (Å²) < 4.78 is 0. The van der Waals surface area contributed by atoms with Crippen LogP contribution in [0.5, 0.6) is 0 Å². The summed E-state index contributed by atoms with van der Waals surface area (Å²) in [6.45, 7) is 2.20. The Morgan fingerprint density at radius 2 is 1.46 bits per heavy atom. The highest BCUT2D eigenvalue weighted by molar-refractivity contribution is 6.31. The molecule has 2 aromatic rings. The van der Waals surface area contributed by atoms with Crippen LogP contribution < -0.4 is 15.1 Å². The fourth-order valence-electron chi connectivity index (χ4n) is 3.76. The number of hydrogen-bond acceptors (Lipinski definition) is 7. The topological polar surface area (TPSA) is 168 Å². The van der Waals surface area contributed by atoms with Crippen LogP contribution in [0.1, 0.15) is 23.2 Å². The number of carboxylic acid groups (broad SMARTS) is 3. The molecule has 0 spiro atoms. The molecule has 5 N–H and O–H groups in total. The van der Waals surface area contributed by atoms with E-state index < -0.39 is 17.9 Å². The Morgan fingerprint density at radius 3 is 2.10 bits per heavy atom. The third-order valence-electron chi connectivity index (χ3n) is 5.36. The molecule has 0 aliphatic carbocycles. The van der Waals surface area contributed by atoms with E-state index in [-0.39, 0.29) is 12.5 Å². The molecule has 1 amide bonds. The maximum atomic E-state index is 13.4. The third kappa shape index (κ3) is 9.89. The Balaban J connectivity index is 0.000000580. The molecule has 39 heavy (non-hydrogen) atoms. The smallest absolute Gasteiger partial charge is 0.328 e. The molecule has 0 fully saturated rings. The standard InChI is InChI=1S/C23H26ClN3O4.C4H4O4/c24-17-9-10-20-21(16-17)26(13-4-12-25-11-3-8-22(29)30)19-7-2-1-6-18(19)23(31)27(20)14-5-15-28;5-3(6)1-2-4(7)8/h1-3,6-10,16,25,28H,4-5,11-15H2,(H,29,30);1-2H,(H,5,6)(H,7,8)/b8-3+;2-1-.